The zero-order chi connectivity index (χ0) is 21.3. The normalized spacial score (nSPS) is 11.2. The van der Waals surface area contributed by atoms with E-state index in [1.54, 1.807) is 6.07 Å². The van der Waals surface area contributed by atoms with E-state index in [1.165, 1.54) is 0 Å². The molecule has 0 spiro atoms. The summed E-state index contributed by atoms with van der Waals surface area (Å²) >= 11 is 0. The van der Waals surface area contributed by atoms with Crippen LogP contribution in [0.25, 0.3) is 21.9 Å². The fourth-order valence-corrected chi connectivity index (χ4v) is 3.71. The minimum atomic E-state index is -0.292. The van der Waals surface area contributed by atoms with Gasteiger partial charge in [-0.05, 0) is 63.2 Å². The third-order valence-corrected chi connectivity index (χ3v) is 5.35. The van der Waals surface area contributed by atoms with Crippen LogP contribution in [0, 0.1) is 6.92 Å². The maximum Gasteiger partial charge on any atom is 0.291 e. The van der Waals surface area contributed by atoms with Crippen LogP contribution >= 0.6 is 0 Å². The molecule has 0 aliphatic rings. The Hall–Kier alpha value is -3.54. The standard InChI is InChI=1S/C24H25N3O3/c1-4-26(5-2)23(28)15-27-11-10-17-13-19(7-8-20(17)27)25-24(29)22-14-18-12-16(3)6-9-21(18)30-22/h6-14H,4-5,15H2,1-3H3,(H,25,29). The van der Waals surface area contributed by atoms with Crippen LogP contribution in [-0.4, -0.2) is 34.4 Å². The maximum absolute atomic E-state index is 12.6. The first kappa shape index (κ1) is 19.8. The van der Waals surface area contributed by atoms with Crippen molar-refractivity contribution in [1.29, 1.82) is 0 Å². The van der Waals surface area contributed by atoms with Crippen LogP contribution in [-0.2, 0) is 11.3 Å². The Balaban J connectivity index is 1.52. The average Bonchev–Trinajstić information content (AvgIpc) is 3.32. The number of carbonyl (C=O) groups is 2. The Morgan fingerprint density at radius 2 is 1.80 bits per heavy atom. The van der Waals surface area contributed by atoms with Gasteiger partial charge in [-0.25, -0.2) is 0 Å². The molecule has 0 unspecified atom stereocenters. The lowest BCUT2D eigenvalue weighted by atomic mass is 10.2. The highest BCUT2D eigenvalue weighted by Crippen LogP contribution is 2.24. The van der Waals surface area contributed by atoms with Gasteiger partial charge < -0.3 is 19.2 Å². The Kier molecular flexibility index (Phi) is 5.31. The van der Waals surface area contributed by atoms with E-state index in [0.29, 0.717) is 30.9 Å². The zero-order valence-corrected chi connectivity index (χ0v) is 17.4. The Labute approximate surface area is 175 Å². The largest absolute Gasteiger partial charge is 0.451 e. The molecule has 2 heterocycles. The summed E-state index contributed by atoms with van der Waals surface area (Å²) < 4.78 is 7.61. The fraction of sp³-hybridized carbons (Fsp3) is 0.250. The molecule has 0 aliphatic carbocycles. The molecule has 0 radical (unpaired) electrons. The molecule has 0 bridgehead atoms. The van der Waals surface area contributed by atoms with Gasteiger partial charge in [-0.2, -0.15) is 0 Å². The van der Waals surface area contributed by atoms with E-state index in [9.17, 15) is 9.59 Å². The first-order chi connectivity index (χ1) is 14.5. The van der Waals surface area contributed by atoms with Gasteiger partial charge in [0.15, 0.2) is 5.76 Å². The summed E-state index contributed by atoms with van der Waals surface area (Å²) in [7, 11) is 0. The first-order valence-corrected chi connectivity index (χ1v) is 10.2. The number of hydrogen-bond donors (Lipinski definition) is 1. The van der Waals surface area contributed by atoms with Crippen molar-refractivity contribution in [2.75, 3.05) is 18.4 Å². The molecule has 2 aromatic carbocycles. The van der Waals surface area contributed by atoms with E-state index >= 15 is 0 Å². The monoisotopic (exact) mass is 403 g/mol. The lowest BCUT2D eigenvalue weighted by Crippen LogP contribution is -2.33. The van der Waals surface area contributed by atoms with Gasteiger partial charge in [-0.3, -0.25) is 9.59 Å². The molecule has 2 amide bonds. The number of aromatic nitrogens is 1. The van der Waals surface area contributed by atoms with Gasteiger partial charge in [-0.15, -0.1) is 0 Å². The number of nitrogens with zero attached hydrogens (tertiary/aromatic N) is 2. The molecule has 0 atom stereocenters. The van der Waals surface area contributed by atoms with E-state index in [0.717, 1.165) is 21.9 Å². The molecule has 0 saturated heterocycles. The number of amides is 2. The third kappa shape index (κ3) is 3.81. The van der Waals surface area contributed by atoms with E-state index < -0.39 is 0 Å². The summed E-state index contributed by atoms with van der Waals surface area (Å²) in [6.45, 7) is 7.66. The molecule has 6 heteroatoms. The predicted octanol–water partition coefficient (Wildman–Crippen LogP) is 4.82. The number of anilines is 1. The lowest BCUT2D eigenvalue weighted by molar-refractivity contribution is -0.131. The number of aryl methyl sites for hydroxylation is 1. The van der Waals surface area contributed by atoms with Crippen LogP contribution in [0.15, 0.2) is 59.1 Å². The summed E-state index contributed by atoms with van der Waals surface area (Å²) in [5.74, 6) is 0.0763. The van der Waals surface area contributed by atoms with Gasteiger partial charge in [0.1, 0.15) is 12.1 Å². The summed E-state index contributed by atoms with van der Waals surface area (Å²) in [6.07, 6.45) is 1.90. The van der Waals surface area contributed by atoms with Gasteiger partial charge in [0.2, 0.25) is 5.91 Å². The van der Waals surface area contributed by atoms with Crippen molar-refractivity contribution < 1.29 is 14.0 Å². The van der Waals surface area contributed by atoms with E-state index in [4.69, 9.17) is 4.42 Å². The van der Waals surface area contributed by atoms with Gasteiger partial charge in [0.05, 0.1) is 0 Å². The Morgan fingerprint density at radius 3 is 2.57 bits per heavy atom. The third-order valence-electron chi connectivity index (χ3n) is 5.35. The minimum Gasteiger partial charge on any atom is -0.451 e. The maximum atomic E-state index is 12.6. The molecule has 30 heavy (non-hydrogen) atoms. The molecule has 1 N–H and O–H groups in total. The number of carbonyl (C=O) groups excluding carboxylic acids is 2. The second kappa shape index (κ2) is 8.06. The highest BCUT2D eigenvalue weighted by molar-refractivity contribution is 6.05. The topological polar surface area (TPSA) is 67.5 Å². The molecule has 6 nitrogen and oxygen atoms in total. The van der Waals surface area contributed by atoms with E-state index in [2.05, 4.69) is 5.32 Å². The highest BCUT2D eigenvalue weighted by Gasteiger charge is 2.15. The second-order valence-corrected chi connectivity index (χ2v) is 7.39. The molecular formula is C24H25N3O3. The number of rotatable bonds is 6. The van der Waals surface area contributed by atoms with Gasteiger partial charge >= 0.3 is 0 Å². The van der Waals surface area contributed by atoms with Crippen LogP contribution in [0.4, 0.5) is 5.69 Å². The van der Waals surface area contributed by atoms with Crippen LogP contribution in [0.5, 0.6) is 0 Å². The molecule has 4 aromatic rings. The molecule has 2 aromatic heterocycles. The second-order valence-electron chi connectivity index (χ2n) is 7.39. The number of likely N-dealkylation sites (N-methyl/N-ethyl adjacent to an activating group) is 1. The molecule has 0 saturated carbocycles. The summed E-state index contributed by atoms with van der Waals surface area (Å²) in [4.78, 5) is 26.9. The van der Waals surface area contributed by atoms with Gasteiger partial charge in [0.25, 0.3) is 5.91 Å². The number of fused-ring (bicyclic) bond motifs is 2. The number of furan rings is 1. The quantitative estimate of drug-likeness (QED) is 0.502. The number of hydrogen-bond acceptors (Lipinski definition) is 3. The van der Waals surface area contributed by atoms with Gasteiger partial charge in [-0.1, -0.05) is 11.6 Å². The van der Waals surface area contributed by atoms with Crippen molar-refractivity contribution >= 4 is 39.4 Å². The average molecular weight is 403 g/mol. The fourth-order valence-electron chi connectivity index (χ4n) is 3.71. The van der Waals surface area contributed by atoms with E-state index in [1.807, 2.05) is 78.9 Å². The minimum absolute atomic E-state index is 0.0926. The van der Waals surface area contributed by atoms with Gasteiger partial charge in [0, 0.05) is 41.3 Å². The molecule has 0 aliphatic heterocycles. The molecule has 4 rings (SSSR count). The number of benzene rings is 2. The molecule has 0 fully saturated rings. The van der Waals surface area contributed by atoms with Crippen molar-refractivity contribution in [2.45, 2.75) is 27.3 Å². The van der Waals surface area contributed by atoms with Crippen LogP contribution in [0.1, 0.15) is 30.0 Å². The Bertz CT molecular complexity index is 1230. The SMILES string of the molecule is CCN(CC)C(=O)Cn1ccc2cc(NC(=O)c3cc4cc(C)ccc4o3)ccc21. The van der Waals surface area contributed by atoms with Crippen molar-refractivity contribution in [3.8, 4) is 0 Å². The van der Waals surface area contributed by atoms with Crippen molar-refractivity contribution in [1.82, 2.24) is 9.47 Å². The van der Waals surface area contributed by atoms with Crippen molar-refractivity contribution in [3.63, 3.8) is 0 Å². The Morgan fingerprint density at radius 1 is 1.00 bits per heavy atom. The first-order valence-electron chi connectivity index (χ1n) is 10.2. The van der Waals surface area contributed by atoms with Crippen molar-refractivity contribution in [2.24, 2.45) is 0 Å². The number of nitrogens with one attached hydrogen (secondary N) is 1. The van der Waals surface area contributed by atoms with Crippen LogP contribution in [0.2, 0.25) is 0 Å². The molecular weight excluding hydrogens is 378 g/mol. The summed E-state index contributed by atoms with van der Waals surface area (Å²) in [5.41, 5.74) is 3.44. The molecule has 154 valence electrons. The van der Waals surface area contributed by atoms with Crippen molar-refractivity contribution in [3.05, 3.63) is 66.1 Å². The lowest BCUT2D eigenvalue weighted by Gasteiger charge is -2.19. The zero-order valence-electron chi connectivity index (χ0n) is 17.4. The van der Waals surface area contributed by atoms with E-state index in [-0.39, 0.29) is 17.6 Å². The van der Waals surface area contributed by atoms with Crippen LogP contribution < -0.4 is 5.32 Å². The highest BCUT2D eigenvalue weighted by atomic mass is 16.3. The predicted molar refractivity (Wildman–Crippen MR) is 119 cm³/mol. The van der Waals surface area contributed by atoms with Crippen LogP contribution in [0.3, 0.4) is 0 Å². The summed E-state index contributed by atoms with van der Waals surface area (Å²) in [5, 5.41) is 4.76. The summed E-state index contributed by atoms with van der Waals surface area (Å²) in [6, 6.07) is 15.2. The smallest absolute Gasteiger partial charge is 0.291 e.